The molecule has 1 saturated heterocycles. The summed E-state index contributed by atoms with van der Waals surface area (Å²) < 4.78 is 7.80. The van der Waals surface area contributed by atoms with Crippen LogP contribution in [0.15, 0.2) is 67.1 Å². The van der Waals surface area contributed by atoms with Crippen molar-refractivity contribution in [1.82, 2.24) is 14.5 Å². The Bertz CT molecular complexity index is 932. The molecule has 0 bridgehead atoms. The van der Waals surface area contributed by atoms with E-state index in [4.69, 9.17) is 4.74 Å². The van der Waals surface area contributed by atoms with Crippen LogP contribution in [0, 0.1) is 0 Å². The van der Waals surface area contributed by atoms with Gasteiger partial charge in [0, 0.05) is 43.6 Å². The average molecular weight is 390 g/mol. The van der Waals surface area contributed by atoms with Crippen LogP contribution < -0.4 is 9.64 Å². The fourth-order valence-electron chi connectivity index (χ4n) is 3.56. The third-order valence-corrected chi connectivity index (χ3v) is 5.27. The molecule has 1 aliphatic rings. The molecule has 150 valence electrons. The van der Waals surface area contributed by atoms with E-state index < -0.39 is 0 Å². The highest BCUT2D eigenvalue weighted by atomic mass is 16.5. The van der Waals surface area contributed by atoms with Crippen molar-refractivity contribution in [2.75, 3.05) is 38.2 Å². The summed E-state index contributed by atoms with van der Waals surface area (Å²) in [5.41, 5.74) is 2.11. The normalized spacial score (nSPS) is 14.1. The van der Waals surface area contributed by atoms with Gasteiger partial charge in [-0.15, -0.1) is 0 Å². The van der Waals surface area contributed by atoms with Gasteiger partial charge in [0.15, 0.2) is 0 Å². The molecule has 0 atom stereocenters. The number of anilines is 1. The van der Waals surface area contributed by atoms with E-state index in [0.29, 0.717) is 12.3 Å². The Balaban J connectivity index is 1.38. The van der Waals surface area contributed by atoms with E-state index in [2.05, 4.69) is 9.88 Å². The smallest absolute Gasteiger partial charge is 0.276 e. The molecular weight excluding hydrogens is 364 g/mol. The molecule has 6 heteroatoms. The maximum absolute atomic E-state index is 12.9. The quantitative estimate of drug-likeness (QED) is 0.618. The molecule has 4 rings (SSSR count). The summed E-state index contributed by atoms with van der Waals surface area (Å²) in [6.07, 6.45) is 8.12. The summed E-state index contributed by atoms with van der Waals surface area (Å²) in [4.78, 5) is 21.2. The zero-order valence-electron chi connectivity index (χ0n) is 16.7. The standard InChI is InChI=1S/C23H26N4O2/c1-25(23(28)22-18-20(10-11-24-22)27-14-4-5-15-27)19-6-8-21(9-7-19)29-17-16-26-12-2-3-13-26/h4-11,14-15,18H,2-3,12-13,16-17H2,1H3. The highest BCUT2D eigenvalue weighted by molar-refractivity contribution is 6.04. The third kappa shape index (κ3) is 4.66. The van der Waals surface area contributed by atoms with Crippen LogP contribution in [0.25, 0.3) is 5.69 Å². The van der Waals surface area contributed by atoms with Crippen molar-refractivity contribution in [1.29, 1.82) is 0 Å². The van der Waals surface area contributed by atoms with E-state index in [-0.39, 0.29) is 5.91 Å². The zero-order chi connectivity index (χ0) is 20.1. The summed E-state index contributed by atoms with van der Waals surface area (Å²) in [6.45, 7) is 4.00. The van der Waals surface area contributed by atoms with E-state index in [0.717, 1.165) is 23.7 Å². The topological polar surface area (TPSA) is 50.6 Å². The summed E-state index contributed by atoms with van der Waals surface area (Å²) in [7, 11) is 1.76. The number of rotatable bonds is 7. The molecule has 0 unspecified atom stereocenters. The Kier molecular flexibility index (Phi) is 5.91. The number of likely N-dealkylation sites (tertiary alicyclic amines) is 1. The minimum absolute atomic E-state index is 0.151. The minimum Gasteiger partial charge on any atom is -0.492 e. The molecular formula is C23H26N4O2. The molecule has 0 N–H and O–H groups in total. The Hall–Kier alpha value is -3.12. The maximum atomic E-state index is 12.9. The molecule has 1 aliphatic heterocycles. The molecule has 1 aromatic carbocycles. The Morgan fingerprint density at radius 2 is 1.83 bits per heavy atom. The van der Waals surface area contributed by atoms with Crippen molar-refractivity contribution >= 4 is 11.6 Å². The number of benzene rings is 1. The van der Waals surface area contributed by atoms with Crippen molar-refractivity contribution < 1.29 is 9.53 Å². The van der Waals surface area contributed by atoms with Gasteiger partial charge in [-0.1, -0.05) is 0 Å². The van der Waals surface area contributed by atoms with Crippen LogP contribution in [0.4, 0.5) is 5.69 Å². The van der Waals surface area contributed by atoms with Crippen molar-refractivity contribution in [2.24, 2.45) is 0 Å². The number of carbonyl (C=O) groups excluding carboxylic acids is 1. The number of nitrogens with zero attached hydrogens (tertiary/aromatic N) is 4. The average Bonchev–Trinajstić information content (AvgIpc) is 3.48. The van der Waals surface area contributed by atoms with Crippen molar-refractivity contribution in [3.8, 4) is 11.4 Å². The van der Waals surface area contributed by atoms with Gasteiger partial charge < -0.3 is 14.2 Å². The predicted octanol–water partition coefficient (Wildman–Crippen LogP) is 3.62. The predicted molar refractivity (Wildman–Crippen MR) is 114 cm³/mol. The highest BCUT2D eigenvalue weighted by Crippen LogP contribution is 2.20. The monoisotopic (exact) mass is 390 g/mol. The van der Waals surface area contributed by atoms with Gasteiger partial charge in [0.2, 0.25) is 0 Å². The third-order valence-electron chi connectivity index (χ3n) is 5.27. The number of hydrogen-bond donors (Lipinski definition) is 0. The van der Waals surface area contributed by atoms with E-state index in [1.807, 2.05) is 59.4 Å². The first-order valence-corrected chi connectivity index (χ1v) is 10.0. The first-order valence-electron chi connectivity index (χ1n) is 10.0. The van der Waals surface area contributed by atoms with Crippen LogP contribution in [-0.2, 0) is 0 Å². The van der Waals surface area contributed by atoms with Gasteiger partial charge in [-0.05, 0) is 74.5 Å². The molecule has 0 aliphatic carbocycles. The van der Waals surface area contributed by atoms with Crippen molar-refractivity contribution in [3.63, 3.8) is 0 Å². The van der Waals surface area contributed by atoms with Gasteiger partial charge in [0.1, 0.15) is 18.1 Å². The fraction of sp³-hybridized carbons (Fsp3) is 0.304. The largest absolute Gasteiger partial charge is 0.492 e. The molecule has 2 aromatic heterocycles. The molecule has 3 heterocycles. The van der Waals surface area contributed by atoms with Gasteiger partial charge in [-0.3, -0.25) is 14.7 Å². The summed E-state index contributed by atoms with van der Waals surface area (Å²) in [6, 6.07) is 15.2. The van der Waals surface area contributed by atoms with E-state index >= 15 is 0 Å². The lowest BCUT2D eigenvalue weighted by Crippen LogP contribution is -2.27. The Morgan fingerprint density at radius 1 is 1.10 bits per heavy atom. The lowest BCUT2D eigenvalue weighted by Gasteiger charge is -2.18. The van der Waals surface area contributed by atoms with Gasteiger partial charge in [-0.25, -0.2) is 0 Å². The molecule has 6 nitrogen and oxygen atoms in total. The number of carbonyl (C=O) groups is 1. The maximum Gasteiger partial charge on any atom is 0.276 e. The van der Waals surface area contributed by atoms with Crippen LogP contribution in [0.2, 0.25) is 0 Å². The second-order valence-corrected chi connectivity index (χ2v) is 7.24. The molecule has 0 saturated carbocycles. The molecule has 1 amide bonds. The number of pyridine rings is 1. The highest BCUT2D eigenvalue weighted by Gasteiger charge is 2.16. The van der Waals surface area contributed by atoms with E-state index in [9.17, 15) is 4.79 Å². The lowest BCUT2D eigenvalue weighted by molar-refractivity contribution is 0.0988. The molecule has 0 radical (unpaired) electrons. The van der Waals surface area contributed by atoms with Gasteiger partial charge in [0.05, 0.1) is 0 Å². The molecule has 29 heavy (non-hydrogen) atoms. The van der Waals surface area contributed by atoms with Gasteiger partial charge >= 0.3 is 0 Å². The molecule has 3 aromatic rings. The van der Waals surface area contributed by atoms with Crippen LogP contribution in [0.3, 0.4) is 0 Å². The minimum atomic E-state index is -0.151. The van der Waals surface area contributed by atoms with Gasteiger partial charge in [0.25, 0.3) is 5.91 Å². The second-order valence-electron chi connectivity index (χ2n) is 7.24. The van der Waals surface area contributed by atoms with Crippen LogP contribution in [0.5, 0.6) is 5.75 Å². The molecule has 0 spiro atoms. The first kappa shape index (κ1) is 19.2. The first-order chi connectivity index (χ1) is 14.2. The SMILES string of the molecule is CN(C(=O)c1cc(-n2cccc2)ccn1)c1ccc(OCCN2CCCC2)cc1. The molecule has 1 fully saturated rings. The number of ether oxygens (including phenoxy) is 1. The lowest BCUT2D eigenvalue weighted by atomic mass is 10.2. The van der Waals surface area contributed by atoms with E-state index in [1.54, 1.807) is 24.2 Å². The zero-order valence-corrected chi connectivity index (χ0v) is 16.7. The van der Waals surface area contributed by atoms with Crippen molar-refractivity contribution in [3.05, 3.63) is 72.8 Å². The van der Waals surface area contributed by atoms with Crippen molar-refractivity contribution in [2.45, 2.75) is 12.8 Å². The number of aromatic nitrogens is 2. The van der Waals surface area contributed by atoms with E-state index in [1.165, 1.54) is 25.9 Å². The summed E-state index contributed by atoms with van der Waals surface area (Å²) in [5, 5.41) is 0. The fourth-order valence-corrected chi connectivity index (χ4v) is 3.56. The number of amides is 1. The van der Waals surface area contributed by atoms with Crippen LogP contribution in [0.1, 0.15) is 23.3 Å². The van der Waals surface area contributed by atoms with Crippen LogP contribution in [-0.4, -0.2) is 53.6 Å². The van der Waals surface area contributed by atoms with Gasteiger partial charge in [-0.2, -0.15) is 0 Å². The Labute approximate surface area is 171 Å². The van der Waals surface area contributed by atoms with Crippen LogP contribution >= 0.6 is 0 Å². The second kappa shape index (κ2) is 8.92. The number of hydrogen-bond acceptors (Lipinski definition) is 4. The Morgan fingerprint density at radius 3 is 2.55 bits per heavy atom. The summed E-state index contributed by atoms with van der Waals surface area (Å²) in [5.74, 6) is 0.670. The summed E-state index contributed by atoms with van der Waals surface area (Å²) >= 11 is 0.